The average molecular weight is 412 g/mol. The second kappa shape index (κ2) is 14.8. The van der Waals surface area contributed by atoms with E-state index in [0.29, 0.717) is 12.3 Å². The van der Waals surface area contributed by atoms with Crippen LogP contribution in [-0.2, 0) is 19.1 Å². The Morgan fingerprint density at radius 1 is 1.10 bits per heavy atom. The predicted molar refractivity (Wildman–Crippen MR) is 118 cm³/mol. The molecule has 1 N–H and O–H groups in total. The van der Waals surface area contributed by atoms with Crippen molar-refractivity contribution in [3.8, 4) is 0 Å². The summed E-state index contributed by atoms with van der Waals surface area (Å²) < 4.78 is 9.70. The van der Waals surface area contributed by atoms with Crippen LogP contribution < -0.4 is 5.32 Å². The minimum atomic E-state index is -0.579. The molecule has 0 aromatic carbocycles. The van der Waals surface area contributed by atoms with Gasteiger partial charge in [-0.2, -0.15) is 0 Å². The lowest BCUT2D eigenvalue weighted by molar-refractivity contribution is -0.145. The van der Waals surface area contributed by atoms with Crippen molar-refractivity contribution >= 4 is 17.8 Å². The highest BCUT2D eigenvalue weighted by Gasteiger charge is 2.20. The zero-order valence-electron chi connectivity index (χ0n) is 19.6. The van der Waals surface area contributed by atoms with Crippen molar-refractivity contribution in [3.05, 3.63) is 24.8 Å². The Labute approximate surface area is 177 Å². The van der Waals surface area contributed by atoms with Crippen LogP contribution in [0.2, 0.25) is 0 Å². The Morgan fingerprint density at radius 2 is 1.66 bits per heavy atom. The van der Waals surface area contributed by atoms with Gasteiger partial charge in [-0.05, 0) is 66.2 Å². The Morgan fingerprint density at radius 3 is 2.03 bits per heavy atom. The van der Waals surface area contributed by atoms with E-state index in [4.69, 9.17) is 4.74 Å². The van der Waals surface area contributed by atoms with Crippen LogP contribution in [0.5, 0.6) is 0 Å². The van der Waals surface area contributed by atoms with Gasteiger partial charge in [0.2, 0.25) is 0 Å². The van der Waals surface area contributed by atoms with E-state index in [1.807, 2.05) is 13.8 Å². The molecule has 0 saturated carbocycles. The van der Waals surface area contributed by atoms with Crippen LogP contribution in [0.25, 0.3) is 0 Å². The summed E-state index contributed by atoms with van der Waals surface area (Å²) in [4.78, 5) is 33.6. The van der Waals surface area contributed by atoms with Crippen molar-refractivity contribution in [1.29, 1.82) is 0 Å². The molecule has 0 saturated heterocycles. The van der Waals surface area contributed by atoms with E-state index in [9.17, 15) is 14.4 Å². The monoisotopic (exact) mass is 411 g/mol. The summed E-state index contributed by atoms with van der Waals surface area (Å²) >= 11 is 0. The highest BCUT2D eigenvalue weighted by Crippen LogP contribution is 2.18. The van der Waals surface area contributed by atoms with E-state index < -0.39 is 17.7 Å². The van der Waals surface area contributed by atoms with E-state index in [0.717, 1.165) is 19.3 Å². The van der Waals surface area contributed by atoms with Gasteiger partial charge in [-0.1, -0.05) is 25.5 Å². The predicted octanol–water partition coefficient (Wildman–Crippen LogP) is 5.22. The number of carbonyl (C=O) groups excluding carboxylic acids is 3. The second-order valence-corrected chi connectivity index (χ2v) is 8.60. The molecule has 0 aromatic heterocycles. The van der Waals surface area contributed by atoms with Crippen LogP contribution in [-0.4, -0.2) is 36.6 Å². The third-order valence-corrected chi connectivity index (χ3v) is 3.98. The van der Waals surface area contributed by atoms with Gasteiger partial charge in [0.25, 0.3) is 0 Å². The van der Waals surface area contributed by atoms with Crippen LogP contribution in [0.3, 0.4) is 0 Å². The van der Waals surface area contributed by atoms with Crippen molar-refractivity contribution in [2.75, 3.05) is 7.11 Å². The summed E-state index contributed by atoms with van der Waals surface area (Å²) in [7, 11) is 1.44. The van der Waals surface area contributed by atoms with Crippen LogP contribution >= 0.6 is 0 Å². The molecule has 0 aromatic rings. The number of allylic oxidation sites excluding steroid dienone is 1. The molecule has 0 aliphatic rings. The average Bonchev–Trinajstić information content (AvgIpc) is 2.56. The van der Waals surface area contributed by atoms with E-state index >= 15 is 0 Å². The third-order valence-electron chi connectivity index (χ3n) is 3.98. The molecular weight excluding hydrogens is 370 g/mol. The summed E-state index contributed by atoms with van der Waals surface area (Å²) in [5.74, 6) is 0.417. The smallest absolute Gasteiger partial charge is 0.408 e. The molecule has 0 rings (SSSR count). The van der Waals surface area contributed by atoms with Gasteiger partial charge in [0.15, 0.2) is 5.78 Å². The number of methoxy groups -OCH3 is 1. The fourth-order valence-electron chi connectivity index (χ4n) is 2.49. The first-order valence-electron chi connectivity index (χ1n) is 10.1. The Balaban J connectivity index is 0. The standard InChI is InChI=1S/C12H22O2.C11H19NO3/c1-9(2)8-10(3)6-7-11(4)12(13)14-5;1-6-7-9(8(2)13)12-10(14)15-11(3,4)5/h10-11H,1,6-8H2,2-5H3;6,9H,1,7H2,2-5H3,(H,12,14). The van der Waals surface area contributed by atoms with Gasteiger partial charge in [-0.15, -0.1) is 13.2 Å². The first-order chi connectivity index (χ1) is 13.2. The lowest BCUT2D eigenvalue weighted by atomic mass is 9.94. The molecule has 0 heterocycles. The highest BCUT2D eigenvalue weighted by molar-refractivity contribution is 5.85. The lowest BCUT2D eigenvalue weighted by Gasteiger charge is -2.22. The molecule has 3 unspecified atom stereocenters. The zero-order chi connectivity index (χ0) is 23.2. The minimum absolute atomic E-state index is 0.0209. The molecule has 29 heavy (non-hydrogen) atoms. The first-order valence-corrected chi connectivity index (χ1v) is 10.1. The summed E-state index contributed by atoms with van der Waals surface area (Å²) in [6, 6.07) is -0.544. The number of carbonyl (C=O) groups is 3. The zero-order valence-corrected chi connectivity index (χ0v) is 19.6. The SMILES string of the molecule is C=C(C)CC(C)CCC(C)C(=O)OC.C=CCC(NC(=O)OC(C)(C)C)C(C)=O. The van der Waals surface area contributed by atoms with Gasteiger partial charge < -0.3 is 14.8 Å². The van der Waals surface area contributed by atoms with Crippen molar-refractivity contribution in [2.24, 2.45) is 11.8 Å². The summed E-state index contributed by atoms with van der Waals surface area (Å²) in [6.45, 7) is 20.3. The quantitative estimate of drug-likeness (QED) is 0.393. The molecule has 0 fully saturated rings. The van der Waals surface area contributed by atoms with Crippen molar-refractivity contribution in [1.82, 2.24) is 5.32 Å². The Hall–Kier alpha value is -2.11. The molecule has 0 spiro atoms. The first kappa shape index (κ1) is 29.1. The number of Topliss-reactive ketones (excluding diaryl/α,β-unsaturated/α-hetero) is 1. The molecule has 0 aliphatic carbocycles. The number of nitrogens with one attached hydrogen (secondary N) is 1. The van der Waals surface area contributed by atoms with E-state index in [1.54, 1.807) is 26.8 Å². The fraction of sp³-hybridized carbons (Fsp3) is 0.696. The van der Waals surface area contributed by atoms with E-state index in [-0.39, 0.29) is 17.7 Å². The van der Waals surface area contributed by atoms with Gasteiger partial charge in [-0.3, -0.25) is 9.59 Å². The van der Waals surface area contributed by atoms with Gasteiger partial charge >= 0.3 is 12.1 Å². The normalized spacial score (nSPS) is 13.7. The van der Waals surface area contributed by atoms with E-state index in [2.05, 4.69) is 30.1 Å². The number of hydrogen-bond acceptors (Lipinski definition) is 5. The number of ketones is 1. The molecular formula is C23H41NO5. The van der Waals surface area contributed by atoms with Crippen LogP contribution in [0, 0.1) is 11.8 Å². The molecule has 0 aliphatic heterocycles. The largest absolute Gasteiger partial charge is 0.469 e. The maximum atomic E-state index is 11.3. The molecule has 0 bridgehead atoms. The van der Waals surface area contributed by atoms with Gasteiger partial charge in [0.1, 0.15) is 5.60 Å². The Kier molecular flexibility index (Phi) is 14.9. The number of rotatable bonds is 10. The molecule has 6 heteroatoms. The van der Waals surface area contributed by atoms with Crippen molar-refractivity contribution in [2.45, 2.75) is 85.8 Å². The van der Waals surface area contributed by atoms with Crippen LogP contribution in [0.4, 0.5) is 4.79 Å². The van der Waals surface area contributed by atoms with Gasteiger partial charge in [0.05, 0.1) is 19.1 Å². The number of hydrogen-bond donors (Lipinski definition) is 1. The lowest BCUT2D eigenvalue weighted by Crippen LogP contribution is -2.42. The van der Waals surface area contributed by atoms with Crippen LogP contribution in [0.15, 0.2) is 24.8 Å². The molecule has 1 amide bonds. The minimum Gasteiger partial charge on any atom is -0.469 e. The second-order valence-electron chi connectivity index (χ2n) is 8.60. The van der Waals surface area contributed by atoms with Crippen molar-refractivity contribution in [3.63, 3.8) is 0 Å². The fourth-order valence-corrected chi connectivity index (χ4v) is 2.49. The van der Waals surface area contributed by atoms with Crippen LogP contribution in [0.1, 0.15) is 74.1 Å². The summed E-state index contributed by atoms with van der Waals surface area (Å²) in [6.07, 6.45) is 4.43. The summed E-state index contributed by atoms with van der Waals surface area (Å²) in [5, 5.41) is 2.49. The number of ether oxygens (including phenoxy) is 2. The molecule has 6 nitrogen and oxygen atoms in total. The van der Waals surface area contributed by atoms with Crippen molar-refractivity contribution < 1.29 is 23.9 Å². The molecule has 3 atom stereocenters. The van der Waals surface area contributed by atoms with E-state index in [1.165, 1.54) is 19.6 Å². The molecule has 0 radical (unpaired) electrons. The highest BCUT2D eigenvalue weighted by atomic mass is 16.6. The maximum Gasteiger partial charge on any atom is 0.408 e. The summed E-state index contributed by atoms with van der Waals surface area (Å²) in [5.41, 5.74) is 0.655. The van der Waals surface area contributed by atoms with Gasteiger partial charge in [-0.25, -0.2) is 4.79 Å². The Bertz CT molecular complexity index is 548. The number of amides is 1. The van der Waals surface area contributed by atoms with Gasteiger partial charge in [0, 0.05) is 0 Å². The molecule has 168 valence electrons. The maximum absolute atomic E-state index is 11.3. The topological polar surface area (TPSA) is 81.7 Å². The number of esters is 1. The third kappa shape index (κ3) is 17.7. The number of alkyl carbamates (subject to hydrolysis) is 1.